The van der Waals surface area contributed by atoms with Gasteiger partial charge in [0.2, 0.25) is 0 Å². The predicted molar refractivity (Wildman–Crippen MR) is 63.9 cm³/mol. The van der Waals surface area contributed by atoms with Gasteiger partial charge >= 0.3 is 0 Å². The van der Waals surface area contributed by atoms with Gasteiger partial charge in [0.1, 0.15) is 5.75 Å². The van der Waals surface area contributed by atoms with E-state index in [-0.39, 0.29) is 18.6 Å². The summed E-state index contributed by atoms with van der Waals surface area (Å²) in [5.74, 6) is 0.630. The van der Waals surface area contributed by atoms with Gasteiger partial charge in [-0.3, -0.25) is 4.79 Å². The van der Waals surface area contributed by atoms with Crippen LogP contribution in [0.4, 0.5) is 0 Å². The highest BCUT2D eigenvalue weighted by molar-refractivity contribution is 5.78. The molecule has 0 spiro atoms. The fourth-order valence-electron chi connectivity index (χ4n) is 1.84. The average Bonchev–Trinajstić information content (AvgIpc) is 2.75. The number of hydrogen-bond acceptors (Lipinski definition) is 3. The Morgan fingerprint density at radius 1 is 1.47 bits per heavy atom. The number of benzene rings is 1. The van der Waals surface area contributed by atoms with Crippen LogP contribution in [-0.2, 0) is 4.79 Å². The molecule has 0 saturated carbocycles. The number of ether oxygens (including phenoxy) is 1. The van der Waals surface area contributed by atoms with Crippen LogP contribution in [0.25, 0.3) is 0 Å². The van der Waals surface area contributed by atoms with Gasteiger partial charge in [-0.15, -0.1) is 0 Å². The van der Waals surface area contributed by atoms with E-state index in [0.29, 0.717) is 25.3 Å². The molecule has 1 N–H and O–H groups in total. The minimum absolute atomic E-state index is 0.0375. The summed E-state index contributed by atoms with van der Waals surface area (Å²) in [7, 11) is 0. The zero-order valence-electron chi connectivity index (χ0n) is 9.93. The van der Waals surface area contributed by atoms with Gasteiger partial charge in [-0.25, -0.2) is 0 Å². The molecule has 4 heteroatoms. The van der Waals surface area contributed by atoms with Gasteiger partial charge in [0.25, 0.3) is 5.91 Å². The third-order valence-corrected chi connectivity index (χ3v) is 2.90. The predicted octanol–water partition coefficient (Wildman–Crippen LogP) is 0.967. The highest BCUT2D eigenvalue weighted by Crippen LogP contribution is 2.13. The molecule has 1 fully saturated rings. The summed E-state index contributed by atoms with van der Waals surface area (Å²) >= 11 is 0. The zero-order valence-corrected chi connectivity index (χ0v) is 9.93. The lowest BCUT2D eigenvalue weighted by atomic mass is 10.2. The molecule has 92 valence electrons. The molecule has 4 nitrogen and oxygen atoms in total. The Labute approximate surface area is 101 Å². The normalized spacial score (nSPS) is 19.4. The smallest absolute Gasteiger partial charge is 0.260 e. The summed E-state index contributed by atoms with van der Waals surface area (Å²) in [5, 5.41) is 9.33. The maximum atomic E-state index is 11.7. The van der Waals surface area contributed by atoms with Crippen LogP contribution in [0, 0.1) is 6.92 Å². The Hall–Kier alpha value is -1.55. The van der Waals surface area contributed by atoms with E-state index < -0.39 is 0 Å². The number of hydrogen-bond donors (Lipinski definition) is 1. The van der Waals surface area contributed by atoms with Crippen molar-refractivity contribution in [1.29, 1.82) is 0 Å². The number of carbonyl (C=O) groups excluding carboxylic acids is 1. The van der Waals surface area contributed by atoms with Crippen molar-refractivity contribution in [2.24, 2.45) is 0 Å². The zero-order chi connectivity index (χ0) is 12.3. The van der Waals surface area contributed by atoms with Crippen LogP contribution in [0.2, 0.25) is 0 Å². The molecule has 0 bridgehead atoms. The molecule has 1 aliphatic heterocycles. The Morgan fingerprint density at radius 3 is 2.76 bits per heavy atom. The van der Waals surface area contributed by atoms with Gasteiger partial charge in [-0.1, -0.05) is 17.7 Å². The first-order valence-electron chi connectivity index (χ1n) is 5.80. The minimum atomic E-state index is -0.377. The van der Waals surface area contributed by atoms with Crippen molar-refractivity contribution in [2.75, 3.05) is 19.7 Å². The molecule has 1 aromatic carbocycles. The van der Waals surface area contributed by atoms with E-state index in [1.807, 2.05) is 31.2 Å². The highest BCUT2D eigenvalue weighted by Gasteiger charge is 2.24. The second-order valence-corrected chi connectivity index (χ2v) is 4.38. The Kier molecular flexibility index (Phi) is 3.64. The summed E-state index contributed by atoms with van der Waals surface area (Å²) in [5.41, 5.74) is 1.16. The topological polar surface area (TPSA) is 49.8 Å². The lowest BCUT2D eigenvalue weighted by Gasteiger charge is -2.15. The third kappa shape index (κ3) is 3.20. The Balaban J connectivity index is 1.82. The molecule has 17 heavy (non-hydrogen) atoms. The number of β-amino-alcohol motifs (C(OH)–C–C–N with tert-alkyl or cyclic N) is 1. The monoisotopic (exact) mass is 235 g/mol. The molecule has 0 aliphatic carbocycles. The number of nitrogens with zero attached hydrogens (tertiary/aromatic N) is 1. The number of aliphatic hydroxyl groups excluding tert-OH is 1. The molecule has 2 rings (SSSR count). The van der Waals surface area contributed by atoms with E-state index in [1.54, 1.807) is 4.90 Å². The molecule has 1 amide bonds. The van der Waals surface area contributed by atoms with Gasteiger partial charge in [-0.05, 0) is 25.5 Å². The number of likely N-dealkylation sites (tertiary alicyclic amines) is 1. The van der Waals surface area contributed by atoms with Crippen molar-refractivity contribution in [3.8, 4) is 5.75 Å². The molecular weight excluding hydrogens is 218 g/mol. The highest BCUT2D eigenvalue weighted by atomic mass is 16.5. The van der Waals surface area contributed by atoms with Crippen LogP contribution < -0.4 is 4.74 Å². The first kappa shape index (κ1) is 11.9. The largest absolute Gasteiger partial charge is 0.484 e. The number of rotatable bonds is 3. The molecule has 1 aromatic rings. The fraction of sp³-hybridized carbons (Fsp3) is 0.462. The lowest BCUT2D eigenvalue weighted by Crippen LogP contribution is -2.33. The standard InChI is InChI=1S/C13H17NO3/c1-10-2-4-12(5-3-10)17-9-13(16)14-7-6-11(15)8-14/h2-5,11,15H,6-9H2,1H3/t11-/m1/s1. The molecule has 0 unspecified atom stereocenters. The van der Waals surface area contributed by atoms with Gasteiger partial charge in [0.15, 0.2) is 6.61 Å². The van der Waals surface area contributed by atoms with Crippen LogP contribution in [0.1, 0.15) is 12.0 Å². The summed E-state index contributed by atoms with van der Waals surface area (Å²) in [6, 6.07) is 7.59. The van der Waals surface area contributed by atoms with Crippen molar-refractivity contribution in [3.05, 3.63) is 29.8 Å². The van der Waals surface area contributed by atoms with Crippen molar-refractivity contribution < 1.29 is 14.6 Å². The SMILES string of the molecule is Cc1ccc(OCC(=O)N2CC[C@@H](O)C2)cc1. The van der Waals surface area contributed by atoms with Crippen LogP contribution in [-0.4, -0.2) is 41.7 Å². The van der Waals surface area contributed by atoms with Gasteiger partial charge < -0.3 is 14.7 Å². The Bertz CT molecular complexity index is 388. The van der Waals surface area contributed by atoms with E-state index in [1.165, 1.54) is 0 Å². The average molecular weight is 235 g/mol. The fourth-order valence-corrected chi connectivity index (χ4v) is 1.84. The van der Waals surface area contributed by atoms with Crippen molar-refractivity contribution in [3.63, 3.8) is 0 Å². The number of aryl methyl sites for hydroxylation is 1. The van der Waals surface area contributed by atoms with Crippen molar-refractivity contribution >= 4 is 5.91 Å². The van der Waals surface area contributed by atoms with Crippen LogP contribution >= 0.6 is 0 Å². The van der Waals surface area contributed by atoms with Gasteiger partial charge in [-0.2, -0.15) is 0 Å². The maximum absolute atomic E-state index is 11.7. The summed E-state index contributed by atoms with van der Waals surface area (Å²) in [6.45, 7) is 3.09. The van der Waals surface area contributed by atoms with E-state index >= 15 is 0 Å². The van der Waals surface area contributed by atoms with Gasteiger partial charge in [0, 0.05) is 13.1 Å². The first-order chi connectivity index (χ1) is 8.15. The van der Waals surface area contributed by atoms with E-state index in [0.717, 1.165) is 5.56 Å². The molecular formula is C13H17NO3. The number of aliphatic hydroxyl groups is 1. The van der Waals surface area contributed by atoms with Crippen LogP contribution in [0.15, 0.2) is 24.3 Å². The van der Waals surface area contributed by atoms with E-state index in [2.05, 4.69) is 0 Å². The Morgan fingerprint density at radius 2 is 2.18 bits per heavy atom. The number of carbonyl (C=O) groups is 1. The molecule has 1 heterocycles. The second-order valence-electron chi connectivity index (χ2n) is 4.38. The van der Waals surface area contributed by atoms with Crippen molar-refractivity contribution in [2.45, 2.75) is 19.4 Å². The molecule has 0 aromatic heterocycles. The minimum Gasteiger partial charge on any atom is -0.484 e. The summed E-state index contributed by atoms with van der Waals surface area (Å²) in [6.07, 6.45) is 0.286. The molecule has 1 atom stereocenters. The second kappa shape index (κ2) is 5.19. The third-order valence-electron chi connectivity index (χ3n) is 2.90. The van der Waals surface area contributed by atoms with Crippen LogP contribution in [0.5, 0.6) is 5.75 Å². The lowest BCUT2D eigenvalue weighted by molar-refractivity contribution is -0.132. The molecule has 1 aliphatic rings. The summed E-state index contributed by atoms with van der Waals surface area (Å²) < 4.78 is 5.40. The molecule has 1 saturated heterocycles. The quantitative estimate of drug-likeness (QED) is 0.849. The molecule has 0 radical (unpaired) electrons. The summed E-state index contributed by atoms with van der Waals surface area (Å²) in [4.78, 5) is 13.4. The first-order valence-corrected chi connectivity index (χ1v) is 5.80. The number of amides is 1. The van der Waals surface area contributed by atoms with E-state index in [4.69, 9.17) is 4.74 Å². The maximum Gasteiger partial charge on any atom is 0.260 e. The van der Waals surface area contributed by atoms with Crippen LogP contribution in [0.3, 0.4) is 0 Å². The van der Waals surface area contributed by atoms with Crippen molar-refractivity contribution in [1.82, 2.24) is 4.90 Å². The van der Waals surface area contributed by atoms with Gasteiger partial charge in [0.05, 0.1) is 6.10 Å². The van der Waals surface area contributed by atoms with E-state index in [9.17, 15) is 9.90 Å².